The molecule has 0 bridgehead atoms. The molecule has 0 unspecified atom stereocenters. The molecule has 0 amide bonds. The van der Waals surface area contributed by atoms with Crippen molar-refractivity contribution in [1.29, 1.82) is 0 Å². The Kier molecular flexibility index (Phi) is 3.38. The Balaban J connectivity index is 1.86. The number of aliphatic hydroxyl groups excluding tert-OH is 1. The van der Waals surface area contributed by atoms with E-state index in [1.165, 1.54) is 16.8 Å². The van der Waals surface area contributed by atoms with E-state index in [9.17, 15) is 9.50 Å². The maximum atomic E-state index is 13.5. The second kappa shape index (κ2) is 5.03. The van der Waals surface area contributed by atoms with E-state index in [1.807, 2.05) is 0 Å². The van der Waals surface area contributed by atoms with Gasteiger partial charge in [0, 0.05) is 12.7 Å². The number of fused-ring (bicyclic) bond motifs is 1. The normalized spacial score (nSPS) is 23.7. The van der Waals surface area contributed by atoms with Crippen molar-refractivity contribution in [3.63, 3.8) is 0 Å². The third kappa shape index (κ3) is 2.43. The van der Waals surface area contributed by atoms with E-state index < -0.39 is 6.10 Å². The van der Waals surface area contributed by atoms with E-state index in [0.717, 1.165) is 0 Å². The molecule has 0 aliphatic carbocycles. The molecule has 2 aromatic heterocycles. The zero-order valence-corrected chi connectivity index (χ0v) is 11.5. The molecule has 19 heavy (non-hydrogen) atoms. The molecule has 8 heteroatoms. The Labute approximate surface area is 116 Å². The predicted molar refractivity (Wildman–Crippen MR) is 69.5 cm³/mol. The molecule has 0 spiro atoms. The number of rotatable bonds is 2. The van der Waals surface area contributed by atoms with Crippen molar-refractivity contribution < 1.29 is 14.2 Å². The summed E-state index contributed by atoms with van der Waals surface area (Å²) in [6.45, 7) is 0.876. The first-order valence-electron chi connectivity index (χ1n) is 5.87. The van der Waals surface area contributed by atoms with Crippen LogP contribution in [0.15, 0.2) is 16.9 Å². The van der Waals surface area contributed by atoms with E-state index in [1.54, 1.807) is 0 Å². The van der Waals surface area contributed by atoms with Gasteiger partial charge in [-0.1, -0.05) is 0 Å². The molecule has 6 nitrogen and oxygen atoms in total. The Hall–Kier alpha value is -1.25. The molecule has 1 fully saturated rings. The van der Waals surface area contributed by atoms with Crippen LogP contribution in [-0.4, -0.2) is 45.1 Å². The van der Waals surface area contributed by atoms with E-state index in [2.05, 4.69) is 31.3 Å². The number of nitrogens with one attached hydrogen (secondary N) is 1. The molecule has 1 aliphatic heterocycles. The van der Waals surface area contributed by atoms with Crippen LogP contribution in [0.25, 0.3) is 5.52 Å². The summed E-state index contributed by atoms with van der Waals surface area (Å²) in [7, 11) is 0. The third-order valence-electron chi connectivity index (χ3n) is 3.07. The number of aromatic nitrogens is 3. The van der Waals surface area contributed by atoms with Gasteiger partial charge in [-0.15, -0.1) is 5.10 Å². The van der Waals surface area contributed by atoms with E-state index in [0.29, 0.717) is 35.7 Å². The largest absolute Gasteiger partial charge is 0.389 e. The van der Waals surface area contributed by atoms with Crippen molar-refractivity contribution in [1.82, 2.24) is 14.6 Å². The Morgan fingerprint density at radius 1 is 1.58 bits per heavy atom. The van der Waals surface area contributed by atoms with E-state index in [-0.39, 0.29) is 11.9 Å². The maximum absolute atomic E-state index is 13.5. The van der Waals surface area contributed by atoms with Gasteiger partial charge in [-0.05, 0) is 22.4 Å². The standard InChI is InChI=1S/C11H12BrFN4O2/c12-10-3-6(13)8-4-14-11(16-17(8)10)15-7-1-2-19-5-9(7)18/h3-4,7,9,18H,1-2,5H2,(H,15,16)/t7-,9-/m1/s1. The maximum Gasteiger partial charge on any atom is 0.241 e. The van der Waals surface area contributed by atoms with Crippen LogP contribution < -0.4 is 5.32 Å². The number of halogens is 2. The van der Waals surface area contributed by atoms with E-state index >= 15 is 0 Å². The highest BCUT2D eigenvalue weighted by Crippen LogP contribution is 2.20. The second-order valence-electron chi connectivity index (χ2n) is 4.38. The van der Waals surface area contributed by atoms with Gasteiger partial charge in [0.2, 0.25) is 5.95 Å². The lowest BCUT2D eigenvalue weighted by Gasteiger charge is -2.28. The lowest BCUT2D eigenvalue weighted by molar-refractivity contribution is -0.0136. The highest BCUT2D eigenvalue weighted by atomic mass is 79.9. The van der Waals surface area contributed by atoms with Gasteiger partial charge in [0.1, 0.15) is 10.1 Å². The number of hydrogen-bond acceptors (Lipinski definition) is 5. The van der Waals surface area contributed by atoms with Crippen molar-refractivity contribution in [3.05, 3.63) is 22.7 Å². The predicted octanol–water partition coefficient (Wildman–Crippen LogP) is 1.19. The summed E-state index contributed by atoms with van der Waals surface area (Å²) < 4.78 is 20.5. The van der Waals surface area contributed by atoms with Crippen LogP contribution in [-0.2, 0) is 4.74 Å². The van der Waals surface area contributed by atoms with Crippen molar-refractivity contribution in [2.75, 3.05) is 18.5 Å². The van der Waals surface area contributed by atoms with Crippen LogP contribution in [0.4, 0.5) is 10.3 Å². The molecule has 1 saturated heterocycles. The van der Waals surface area contributed by atoms with Crippen LogP contribution in [0, 0.1) is 5.82 Å². The molecule has 0 radical (unpaired) electrons. The van der Waals surface area contributed by atoms with Gasteiger partial charge in [-0.25, -0.2) is 13.9 Å². The molecular formula is C11H12BrFN4O2. The monoisotopic (exact) mass is 330 g/mol. The van der Waals surface area contributed by atoms with Crippen LogP contribution in [0.5, 0.6) is 0 Å². The average Bonchev–Trinajstić information content (AvgIpc) is 2.68. The lowest BCUT2D eigenvalue weighted by Crippen LogP contribution is -2.42. The van der Waals surface area contributed by atoms with Gasteiger partial charge >= 0.3 is 0 Å². The molecule has 2 N–H and O–H groups in total. The lowest BCUT2D eigenvalue weighted by atomic mass is 10.1. The zero-order valence-electron chi connectivity index (χ0n) is 9.88. The first kappa shape index (κ1) is 12.8. The summed E-state index contributed by atoms with van der Waals surface area (Å²) in [5.74, 6) is -0.0423. The fraction of sp³-hybridized carbons (Fsp3) is 0.455. The van der Waals surface area contributed by atoms with Gasteiger partial charge in [0.15, 0.2) is 5.82 Å². The summed E-state index contributed by atoms with van der Waals surface area (Å²) in [4.78, 5) is 4.05. The molecule has 0 aromatic carbocycles. The summed E-state index contributed by atoms with van der Waals surface area (Å²) in [5, 5.41) is 17.0. The van der Waals surface area contributed by atoms with Crippen molar-refractivity contribution in [3.8, 4) is 0 Å². The summed E-state index contributed by atoms with van der Waals surface area (Å²) in [6.07, 6.45) is 1.48. The number of ether oxygens (including phenoxy) is 1. The minimum atomic E-state index is -0.599. The molecule has 2 atom stereocenters. The van der Waals surface area contributed by atoms with E-state index in [4.69, 9.17) is 4.74 Å². The number of anilines is 1. The molecular weight excluding hydrogens is 319 g/mol. The molecule has 1 aliphatic rings. The number of nitrogens with zero attached hydrogens (tertiary/aromatic N) is 3. The number of aliphatic hydroxyl groups is 1. The first-order chi connectivity index (χ1) is 9.15. The first-order valence-corrected chi connectivity index (χ1v) is 6.66. The molecule has 3 heterocycles. The minimum Gasteiger partial charge on any atom is -0.389 e. The zero-order chi connectivity index (χ0) is 13.4. The van der Waals surface area contributed by atoms with Gasteiger partial charge in [0.05, 0.1) is 24.9 Å². The number of hydrogen-bond donors (Lipinski definition) is 2. The van der Waals surface area contributed by atoms with Crippen LogP contribution >= 0.6 is 15.9 Å². The summed E-state index contributed by atoms with van der Waals surface area (Å²) in [5.41, 5.74) is 0.296. The van der Waals surface area contributed by atoms with Gasteiger partial charge in [-0.2, -0.15) is 0 Å². The highest BCUT2D eigenvalue weighted by molar-refractivity contribution is 9.10. The Morgan fingerprint density at radius 3 is 3.21 bits per heavy atom. The van der Waals surface area contributed by atoms with Crippen LogP contribution in [0.2, 0.25) is 0 Å². The van der Waals surface area contributed by atoms with Gasteiger partial charge in [-0.3, -0.25) is 0 Å². The van der Waals surface area contributed by atoms with Crippen molar-refractivity contribution >= 4 is 27.4 Å². The highest BCUT2D eigenvalue weighted by Gasteiger charge is 2.24. The van der Waals surface area contributed by atoms with Crippen LogP contribution in [0.1, 0.15) is 6.42 Å². The Morgan fingerprint density at radius 2 is 2.42 bits per heavy atom. The summed E-state index contributed by atoms with van der Waals surface area (Å²) in [6, 6.07) is 1.17. The average molecular weight is 331 g/mol. The smallest absolute Gasteiger partial charge is 0.241 e. The van der Waals surface area contributed by atoms with Crippen molar-refractivity contribution in [2.45, 2.75) is 18.6 Å². The molecule has 102 valence electrons. The summed E-state index contributed by atoms with van der Waals surface area (Å²) >= 11 is 3.22. The van der Waals surface area contributed by atoms with Gasteiger partial charge in [0.25, 0.3) is 0 Å². The molecule has 2 aromatic rings. The van der Waals surface area contributed by atoms with Crippen LogP contribution in [0.3, 0.4) is 0 Å². The quantitative estimate of drug-likeness (QED) is 0.865. The third-order valence-corrected chi connectivity index (χ3v) is 3.63. The minimum absolute atomic E-state index is 0.162. The Bertz CT molecular complexity index is 606. The second-order valence-corrected chi connectivity index (χ2v) is 5.19. The topological polar surface area (TPSA) is 71.7 Å². The molecule has 3 rings (SSSR count). The fourth-order valence-corrected chi connectivity index (χ4v) is 2.51. The molecule has 0 saturated carbocycles. The SMILES string of the molecule is O[C@@H]1COCC[C@H]1Nc1ncc2c(F)cc(Br)n2n1. The van der Waals surface area contributed by atoms with Gasteiger partial charge < -0.3 is 15.2 Å². The fourth-order valence-electron chi connectivity index (χ4n) is 2.04. The van der Waals surface area contributed by atoms with Crippen molar-refractivity contribution in [2.24, 2.45) is 0 Å².